The summed E-state index contributed by atoms with van der Waals surface area (Å²) in [5.41, 5.74) is 4.28. The summed E-state index contributed by atoms with van der Waals surface area (Å²) in [5.74, 6) is -0.0192. The van der Waals surface area contributed by atoms with Gasteiger partial charge in [0.15, 0.2) is 0 Å². The van der Waals surface area contributed by atoms with Crippen molar-refractivity contribution in [2.24, 2.45) is 5.73 Å². The van der Waals surface area contributed by atoms with Gasteiger partial charge in [-0.2, -0.15) is 0 Å². The molecule has 0 radical (unpaired) electrons. The largest absolute Gasteiger partial charge is 0.388 e. The van der Waals surface area contributed by atoms with Crippen LogP contribution in [-0.2, 0) is 4.74 Å². The smallest absolute Gasteiger partial charge is 0.120 e. The molecule has 11 heavy (non-hydrogen) atoms. The second-order valence-electron chi connectivity index (χ2n) is 3.22. The number of amidine groups is 1. The zero-order chi connectivity index (χ0) is 9.07. The Morgan fingerprint density at radius 1 is 1.73 bits per heavy atom. The van der Waals surface area contributed by atoms with Crippen molar-refractivity contribution in [1.29, 1.82) is 5.41 Å². The summed E-state index contributed by atoms with van der Waals surface area (Å²) in [5, 5.41) is 16.2. The summed E-state index contributed by atoms with van der Waals surface area (Å²) in [4.78, 5) is 0. The van der Waals surface area contributed by atoms with E-state index < -0.39 is 11.7 Å². The van der Waals surface area contributed by atoms with E-state index in [0.29, 0.717) is 0 Å². The minimum absolute atomic E-state index is 0.0192. The van der Waals surface area contributed by atoms with Crippen LogP contribution in [0.5, 0.6) is 0 Å². The highest BCUT2D eigenvalue weighted by atomic mass is 16.5. The number of nitrogens with two attached hydrogens (primary N) is 1. The monoisotopic (exact) mass is 160 g/mol. The molecule has 0 heterocycles. The van der Waals surface area contributed by atoms with Gasteiger partial charge in [-0.15, -0.1) is 0 Å². The van der Waals surface area contributed by atoms with E-state index in [2.05, 4.69) is 0 Å². The van der Waals surface area contributed by atoms with Gasteiger partial charge >= 0.3 is 0 Å². The number of ether oxygens (including phenoxy) is 1. The lowest BCUT2D eigenvalue weighted by molar-refractivity contribution is -0.0307. The molecule has 0 aliphatic heterocycles. The van der Waals surface area contributed by atoms with Crippen LogP contribution in [0.2, 0.25) is 0 Å². The van der Waals surface area contributed by atoms with Gasteiger partial charge in [0.1, 0.15) is 11.9 Å². The lowest BCUT2D eigenvalue weighted by Crippen LogP contribution is -2.34. The van der Waals surface area contributed by atoms with Crippen LogP contribution in [0.25, 0.3) is 0 Å². The third-order valence-corrected chi connectivity index (χ3v) is 1.12. The summed E-state index contributed by atoms with van der Waals surface area (Å²) in [6.07, 6.45) is -0.415. The molecule has 0 aliphatic rings. The Balaban J connectivity index is 3.63. The molecular formula is C7H16N2O2. The van der Waals surface area contributed by atoms with Crippen LogP contribution in [0.3, 0.4) is 0 Å². The van der Waals surface area contributed by atoms with Crippen molar-refractivity contribution >= 4 is 5.84 Å². The van der Waals surface area contributed by atoms with E-state index in [1.807, 2.05) is 0 Å². The molecule has 0 aromatic rings. The minimum Gasteiger partial charge on any atom is -0.388 e. The Morgan fingerprint density at radius 3 is 2.45 bits per heavy atom. The van der Waals surface area contributed by atoms with Crippen molar-refractivity contribution in [2.45, 2.75) is 32.5 Å². The number of hydrogen-bond acceptors (Lipinski definition) is 3. The van der Waals surface area contributed by atoms with Crippen molar-refractivity contribution in [1.82, 2.24) is 0 Å². The molecule has 4 nitrogen and oxygen atoms in total. The summed E-state index contributed by atoms with van der Waals surface area (Å²) < 4.78 is 5.07. The maximum atomic E-state index is 9.21. The first-order valence-corrected chi connectivity index (χ1v) is 3.51. The molecule has 66 valence electrons. The lowest BCUT2D eigenvalue weighted by Gasteiger charge is -2.19. The van der Waals surface area contributed by atoms with Gasteiger partial charge in [0.25, 0.3) is 0 Å². The van der Waals surface area contributed by atoms with Crippen molar-refractivity contribution in [2.75, 3.05) is 6.61 Å². The van der Waals surface area contributed by atoms with Gasteiger partial charge in [0, 0.05) is 0 Å². The fourth-order valence-electron chi connectivity index (χ4n) is 0.419. The third-order valence-electron chi connectivity index (χ3n) is 1.12. The SMILES string of the molecule is CC(OCC(C)(C)O)C(=N)N. The highest BCUT2D eigenvalue weighted by Gasteiger charge is 2.15. The number of nitrogens with one attached hydrogen (secondary N) is 1. The molecule has 0 rings (SSSR count). The maximum Gasteiger partial charge on any atom is 0.120 e. The molecule has 4 heteroatoms. The Labute approximate surface area is 66.9 Å². The topological polar surface area (TPSA) is 79.3 Å². The summed E-state index contributed by atoms with van der Waals surface area (Å²) in [6.45, 7) is 5.14. The predicted molar refractivity (Wildman–Crippen MR) is 43.6 cm³/mol. The third kappa shape index (κ3) is 5.82. The zero-order valence-electron chi connectivity index (χ0n) is 7.22. The summed E-state index contributed by atoms with van der Waals surface area (Å²) in [6, 6.07) is 0. The lowest BCUT2D eigenvalue weighted by atomic mass is 10.2. The van der Waals surface area contributed by atoms with Crippen LogP contribution < -0.4 is 5.73 Å². The highest BCUT2D eigenvalue weighted by molar-refractivity contribution is 5.81. The van der Waals surface area contributed by atoms with Crippen LogP contribution >= 0.6 is 0 Å². The molecule has 1 atom stereocenters. The molecule has 1 unspecified atom stereocenters. The van der Waals surface area contributed by atoms with Crippen LogP contribution in [0.1, 0.15) is 20.8 Å². The van der Waals surface area contributed by atoms with Crippen LogP contribution in [0.15, 0.2) is 0 Å². The van der Waals surface area contributed by atoms with Crippen molar-refractivity contribution in [3.8, 4) is 0 Å². The van der Waals surface area contributed by atoms with Gasteiger partial charge in [-0.3, -0.25) is 5.41 Å². The van der Waals surface area contributed by atoms with E-state index in [4.69, 9.17) is 15.9 Å². The van der Waals surface area contributed by atoms with Crippen molar-refractivity contribution < 1.29 is 9.84 Å². The average Bonchev–Trinajstić information content (AvgIpc) is 1.80. The average molecular weight is 160 g/mol. The highest BCUT2D eigenvalue weighted by Crippen LogP contribution is 2.03. The second kappa shape index (κ2) is 3.69. The Morgan fingerprint density at radius 2 is 2.18 bits per heavy atom. The van der Waals surface area contributed by atoms with Gasteiger partial charge < -0.3 is 15.6 Å². The second-order valence-corrected chi connectivity index (χ2v) is 3.22. The maximum absolute atomic E-state index is 9.21. The van der Waals surface area contributed by atoms with E-state index in [0.717, 1.165) is 0 Å². The molecule has 0 fully saturated rings. The first kappa shape index (κ1) is 10.4. The normalized spacial score (nSPS) is 14.5. The zero-order valence-corrected chi connectivity index (χ0v) is 7.22. The van der Waals surface area contributed by atoms with E-state index in [9.17, 15) is 5.11 Å². The van der Waals surface area contributed by atoms with E-state index in [1.165, 1.54) is 0 Å². The fraction of sp³-hybridized carbons (Fsp3) is 0.857. The molecule has 0 saturated heterocycles. The van der Waals surface area contributed by atoms with Gasteiger partial charge in [0.2, 0.25) is 0 Å². The minimum atomic E-state index is -0.857. The number of hydrogen-bond donors (Lipinski definition) is 3. The van der Waals surface area contributed by atoms with E-state index in [-0.39, 0.29) is 12.4 Å². The van der Waals surface area contributed by atoms with E-state index >= 15 is 0 Å². The standard InChI is InChI=1S/C7H16N2O2/c1-5(6(8)9)11-4-7(2,3)10/h5,10H,4H2,1-3H3,(H3,8,9). The van der Waals surface area contributed by atoms with E-state index in [1.54, 1.807) is 20.8 Å². The molecule has 0 aromatic heterocycles. The quantitative estimate of drug-likeness (QED) is 0.403. The van der Waals surface area contributed by atoms with Gasteiger partial charge in [-0.25, -0.2) is 0 Å². The summed E-state index contributed by atoms with van der Waals surface area (Å²) >= 11 is 0. The molecule has 0 saturated carbocycles. The molecule has 0 amide bonds. The Kier molecular flexibility index (Phi) is 3.48. The van der Waals surface area contributed by atoms with Crippen molar-refractivity contribution in [3.05, 3.63) is 0 Å². The first-order chi connectivity index (χ1) is 4.83. The van der Waals surface area contributed by atoms with Crippen LogP contribution in [-0.4, -0.2) is 29.3 Å². The van der Waals surface area contributed by atoms with Gasteiger partial charge in [-0.1, -0.05) is 0 Å². The van der Waals surface area contributed by atoms with Gasteiger partial charge in [-0.05, 0) is 20.8 Å². The van der Waals surface area contributed by atoms with Crippen LogP contribution in [0, 0.1) is 5.41 Å². The number of aliphatic hydroxyl groups is 1. The predicted octanol–water partition coefficient (Wildman–Crippen LogP) is 0.0984. The molecule has 0 bridgehead atoms. The molecule has 4 N–H and O–H groups in total. The van der Waals surface area contributed by atoms with Gasteiger partial charge in [0.05, 0.1) is 12.2 Å². The Hall–Kier alpha value is -0.610. The number of rotatable bonds is 4. The summed E-state index contributed by atoms with van der Waals surface area (Å²) in [7, 11) is 0. The molecule has 0 spiro atoms. The Bertz CT molecular complexity index is 140. The first-order valence-electron chi connectivity index (χ1n) is 3.51. The molecule has 0 aromatic carbocycles. The molecular weight excluding hydrogens is 144 g/mol. The fourth-order valence-corrected chi connectivity index (χ4v) is 0.419. The van der Waals surface area contributed by atoms with Crippen LogP contribution in [0.4, 0.5) is 0 Å². The molecule has 0 aliphatic carbocycles. The van der Waals surface area contributed by atoms with Crippen molar-refractivity contribution in [3.63, 3.8) is 0 Å².